The summed E-state index contributed by atoms with van der Waals surface area (Å²) in [6, 6.07) is 10.8. The predicted molar refractivity (Wildman–Crippen MR) is 131 cm³/mol. The van der Waals surface area contributed by atoms with Crippen molar-refractivity contribution in [2.75, 3.05) is 38.1 Å². The number of nitrogens with one attached hydrogen (secondary N) is 1. The van der Waals surface area contributed by atoms with Crippen molar-refractivity contribution in [3.8, 4) is 0 Å². The van der Waals surface area contributed by atoms with Gasteiger partial charge in [-0.25, -0.2) is 9.97 Å². The maximum absolute atomic E-state index is 12.6. The molecule has 5 rings (SSSR count). The van der Waals surface area contributed by atoms with Crippen LogP contribution >= 0.6 is 0 Å². The summed E-state index contributed by atoms with van der Waals surface area (Å²) in [5.41, 5.74) is 3.51. The van der Waals surface area contributed by atoms with E-state index in [4.69, 9.17) is 4.74 Å². The first-order valence-corrected chi connectivity index (χ1v) is 12.6. The average molecular weight is 465 g/mol. The Morgan fingerprint density at radius 1 is 1.03 bits per heavy atom. The zero-order valence-corrected chi connectivity index (χ0v) is 20.1. The smallest absolute Gasteiger partial charge is 0.227 e. The number of hydrogen-bond acceptors (Lipinski definition) is 7. The van der Waals surface area contributed by atoms with Crippen LogP contribution in [0, 0.1) is 0 Å². The zero-order valence-electron chi connectivity index (χ0n) is 20.1. The highest BCUT2D eigenvalue weighted by Crippen LogP contribution is 2.26. The van der Waals surface area contributed by atoms with Gasteiger partial charge < -0.3 is 14.5 Å². The van der Waals surface area contributed by atoms with Gasteiger partial charge >= 0.3 is 0 Å². The lowest BCUT2D eigenvalue weighted by atomic mass is 10.1. The molecule has 3 aliphatic heterocycles. The number of amides is 1. The molecule has 8 heteroatoms. The van der Waals surface area contributed by atoms with E-state index in [2.05, 4.69) is 49.4 Å². The monoisotopic (exact) mass is 464 g/mol. The lowest BCUT2D eigenvalue weighted by molar-refractivity contribution is -0.167. The fourth-order valence-electron chi connectivity index (χ4n) is 5.24. The Hall–Kier alpha value is -2.55. The van der Waals surface area contributed by atoms with Crippen molar-refractivity contribution in [2.45, 2.75) is 63.6 Å². The quantitative estimate of drug-likeness (QED) is 0.705. The van der Waals surface area contributed by atoms with Crippen molar-refractivity contribution >= 4 is 11.6 Å². The SMILES string of the molecule is CN1C(=O)CC(c2ccncn2)NC1OC1CCN(c2ccc(CN3CCCCC3)cc2)CC1. The van der Waals surface area contributed by atoms with Gasteiger partial charge in [-0.05, 0) is 62.5 Å². The molecule has 0 saturated carbocycles. The van der Waals surface area contributed by atoms with Crippen LogP contribution in [0.3, 0.4) is 0 Å². The molecule has 3 fully saturated rings. The largest absolute Gasteiger partial charge is 0.371 e. The number of piperidine rings is 2. The van der Waals surface area contributed by atoms with Crippen LogP contribution in [-0.4, -0.2) is 71.4 Å². The summed E-state index contributed by atoms with van der Waals surface area (Å²) >= 11 is 0. The topological polar surface area (TPSA) is 73.8 Å². The molecule has 2 aromatic rings. The summed E-state index contributed by atoms with van der Waals surface area (Å²) < 4.78 is 6.37. The number of ether oxygens (including phenoxy) is 1. The number of benzene rings is 1. The number of nitrogens with zero attached hydrogens (tertiary/aromatic N) is 5. The second-order valence-corrected chi connectivity index (χ2v) is 9.74. The summed E-state index contributed by atoms with van der Waals surface area (Å²) in [5, 5.41) is 3.45. The highest BCUT2D eigenvalue weighted by molar-refractivity contribution is 5.77. The van der Waals surface area contributed by atoms with Gasteiger partial charge in [0, 0.05) is 45.0 Å². The van der Waals surface area contributed by atoms with Crippen LogP contribution in [0.2, 0.25) is 0 Å². The van der Waals surface area contributed by atoms with Gasteiger partial charge in [0.25, 0.3) is 0 Å². The van der Waals surface area contributed by atoms with E-state index in [1.807, 2.05) is 6.07 Å². The van der Waals surface area contributed by atoms with Crippen LogP contribution in [0.15, 0.2) is 42.9 Å². The fourth-order valence-corrected chi connectivity index (χ4v) is 5.24. The van der Waals surface area contributed by atoms with Gasteiger partial charge in [-0.2, -0.15) is 0 Å². The van der Waals surface area contributed by atoms with Gasteiger partial charge in [0.2, 0.25) is 5.91 Å². The van der Waals surface area contributed by atoms with Gasteiger partial charge in [-0.3, -0.25) is 15.0 Å². The number of rotatable bonds is 6. The summed E-state index contributed by atoms with van der Waals surface area (Å²) in [5.74, 6) is 0.0643. The van der Waals surface area contributed by atoms with Gasteiger partial charge in [-0.15, -0.1) is 0 Å². The lowest BCUT2D eigenvalue weighted by Gasteiger charge is -2.41. The zero-order chi connectivity index (χ0) is 23.3. The van der Waals surface area contributed by atoms with E-state index < -0.39 is 6.35 Å². The molecule has 0 radical (unpaired) electrons. The molecule has 3 saturated heterocycles. The molecule has 2 atom stereocenters. The predicted octanol–water partition coefficient (Wildman–Crippen LogP) is 2.92. The molecular formula is C26H36N6O2. The molecule has 182 valence electrons. The van der Waals surface area contributed by atoms with Crippen molar-refractivity contribution in [3.63, 3.8) is 0 Å². The summed E-state index contributed by atoms with van der Waals surface area (Å²) in [6.07, 6.45) is 9.19. The minimum absolute atomic E-state index is 0.0643. The van der Waals surface area contributed by atoms with Crippen LogP contribution in [-0.2, 0) is 16.1 Å². The van der Waals surface area contributed by atoms with Crippen LogP contribution in [0.5, 0.6) is 0 Å². The summed E-state index contributed by atoms with van der Waals surface area (Å²) in [7, 11) is 1.80. The first kappa shape index (κ1) is 23.2. The second kappa shape index (κ2) is 10.8. The highest BCUT2D eigenvalue weighted by Gasteiger charge is 2.35. The Balaban J connectivity index is 1.12. The average Bonchev–Trinajstić information content (AvgIpc) is 2.89. The van der Waals surface area contributed by atoms with E-state index in [9.17, 15) is 4.79 Å². The number of hydrogen-bond donors (Lipinski definition) is 1. The van der Waals surface area contributed by atoms with Crippen molar-refractivity contribution in [1.82, 2.24) is 25.1 Å². The van der Waals surface area contributed by atoms with E-state index in [1.165, 1.54) is 49.9 Å². The molecule has 1 aromatic carbocycles. The molecule has 8 nitrogen and oxygen atoms in total. The van der Waals surface area contributed by atoms with E-state index in [1.54, 1.807) is 18.1 Å². The van der Waals surface area contributed by atoms with E-state index in [0.29, 0.717) is 6.42 Å². The molecule has 34 heavy (non-hydrogen) atoms. The van der Waals surface area contributed by atoms with Crippen molar-refractivity contribution in [1.29, 1.82) is 0 Å². The molecule has 3 aliphatic rings. The molecule has 4 heterocycles. The molecule has 0 aliphatic carbocycles. The molecule has 0 bridgehead atoms. The normalized spacial score (nSPS) is 25.0. The third kappa shape index (κ3) is 5.56. The number of anilines is 1. The van der Waals surface area contributed by atoms with E-state index in [0.717, 1.165) is 38.2 Å². The van der Waals surface area contributed by atoms with Crippen molar-refractivity contribution in [2.24, 2.45) is 0 Å². The Kier molecular flexibility index (Phi) is 7.37. The molecular weight excluding hydrogens is 428 g/mol. The Morgan fingerprint density at radius 3 is 2.50 bits per heavy atom. The summed E-state index contributed by atoms with van der Waals surface area (Å²) in [4.78, 5) is 27.5. The van der Waals surface area contributed by atoms with Crippen molar-refractivity contribution < 1.29 is 9.53 Å². The lowest BCUT2D eigenvalue weighted by Crippen LogP contribution is -2.56. The van der Waals surface area contributed by atoms with Gasteiger partial charge in [0.1, 0.15) is 6.33 Å². The van der Waals surface area contributed by atoms with Crippen LogP contribution in [0.1, 0.15) is 55.8 Å². The highest BCUT2D eigenvalue weighted by atomic mass is 16.5. The molecule has 1 amide bonds. The third-order valence-corrected chi connectivity index (χ3v) is 7.35. The number of aromatic nitrogens is 2. The number of carbonyl (C=O) groups excluding carboxylic acids is 1. The maximum atomic E-state index is 12.6. The minimum atomic E-state index is -0.438. The van der Waals surface area contributed by atoms with Crippen LogP contribution in [0.25, 0.3) is 0 Å². The van der Waals surface area contributed by atoms with Crippen molar-refractivity contribution in [3.05, 3.63) is 54.1 Å². The third-order valence-electron chi connectivity index (χ3n) is 7.35. The number of carbonyl (C=O) groups is 1. The molecule has 1 aromatic heterocycles. The molecule has 1 N–H and O–H groups in total. The van der Waals surface area contributed by atoms with Crippen LogP contribution < -0.4 is 10.2 Å². The standard InChI is InChI=1S/C26H36N6O2/c1-30-25(33)17-24(23-9-12-27-19-28-23)29-26(30)34-22-10-15-32(16-11-22)21-7-5-20(6-8-21)18-31-13-3-2-4-14-31/h5-9,12,19,22,24,26,29H,2-4,10-11,13-18H2,1H3. The van der Waals surface area contributed by atoms with E-state index in [-0.39, 0.29) is 18.1 Å². The van der Waals surface area contributed by atoms with Gasteiger partial charge in [0.15, 0.2) is 6.35 Å². The summed E-state index contributed by atoms with van der Waals surface area (Å²) in [6.45, 7) is 5.43. The van der Waals surface area contributed by atoms with E-state index >= 15 is 0 Å². The molecule has 0 spiro atoms. The van der Waals surface area contributed by atoms with Crippen LogP contribution in [0.4, 0.5) is 5.69 Å². The molecule has 2 unspecified atom stereocenters. The van der Waals surface area contributed by atoms with Gasteiger partial charge in [0.05, 0.1) is 17.8 Å². The number of likely N-dealkylation sites (tertiary alicyclic amines) is 1. The first-order valence-electron chi connectivity index (χ1n) is 12.6. The van der Waals surface area contributed by atoms with Gasteiger partial charge in [-0.1, -0.05) is 18.6 Å². The second-order valence-electron chi connectivity index (χ2n) is 9.74. The first-order chi connectivity index (χ1) is 16.7. The Labute approximate surface area is 202 Å². The fraction of sp³-hybridized carbons (Fsp3) is 0.577. The maximum Gasteiger partial charge on any atom is 0.227 e. The minimum Gasteiger partial charge on any atom is -0.371 e. The Bertz CT molecular complexity index is 926. The Morgan fingerprint density at radius 2 is 1.79 bits per heavy atom.